The molecule has 4 N–H and O–H groups in total. The summed E-state index contributed by atoms with van der Waals surface area (Å²) in [6, 6.07) is 0. The van der Waals surface area contributed by atoms with E-state index < -0.39 is 11.1 Å². The highest BCUT2D eigenvalue weighted by atomic mass is 16.2. The molecule has 8 heteroatoms. The van der Waals surface area contributed by atoms with Crippen LogP contribution in [0.5, 0.6) is 0 Å². The van der Waals surface area contributed by atoms with E-state index >= 15 is 0 Å². The molecule has 0 aliphatic carbocycles. The van der Waals surface area contributed by atoms with E-state index in [1.807, 2.05) is 27.7 Å². The summed E-state index contributed by atoms with van der Waals surface area (Å²) in [5.74, 6) is -1.46. The highest BCUT2D eigenvalue weighted by molar-refractivity contribution is 6.21. The van der Waals surface area contributed by atoms with E-state index in [0.717, 1.165) is 11.1 Å². The van der Waals surface area contributed by atoms with Crippen LogP contribution in [-0.4, -0.2) is 47.8 Å². The molecule has 0 aromatic heterocycles. The Bertz CT molecular complexity index is 724. The first kappa shape index (κ1) is 21.7. The van der Waals surface area contributed by atoms with Crippen LogP contribution in [0.25, 0.3) is 0 Å². The lowest BCUT2D eigenvalue weighted by Crippen LogP contribution is -2.38. The molecule has 0 aromatic carbocycles. The SMILES string of the molecule is CC1=C(C(=O)NCCCCNC(=O)C2=C(C)C(C)(C)NC2=O)C(=O)NC1(C)C. The van der Waals surface area contributed by atoms with E-state index in [0.29, 0.717) is 25.9 Å². The van der Waals surface area contributed by atoms with E-state index in [1.54, 1.807) is 13.8 Å². The molecule has 2 aliphatic rings. The first-order valence-corrected chi connectivity index (χ1v) is 9.52. The van der Waals surface area contributed by atoms with Gasteiger partial charge >= 0.3 is 0 Å². The van der Waals surface area contributed by atoms with Crippen molar-refractivity contribution in [3.8, 4) is 0 Å². The quantitative estimate of drug-likeness (QED) is 0.373. The Morgan fingerprint density at radius 3 is 1.32 bits per heavy atom. The summed E-state index contributed by atoms with van der Waals surface area (Å²) in [4.78, 5) is 48.4. The van der Waals surface area contributed by atoms with Gasteiger partial charge in [0.2, 0.25) is 0 Å². The zero-order chi connectivity index (χ0) is 21.3. The Morgan fingerprint density at radius 1 is 0.750 bits per heavy atom. The third kappa shape index (κ3) is 4.26. The fourth-order valence-electron chi connectivity index (χ4n) is 3.22. The van der Waals surface area contributed by atoms with Crippen LogP contribution in [0.1, 0.15) is 54.4 Å². The van der Waals surface area contributed by atoms with Gasteiger partial charge in [0, 0.05) is 13.1 Å². The molecule has 8 nitrogen and oxygen atoms in total. The topological polar surface area (TPSA) is 116 Å². The van der Waals surface area contributed by atoms with Crippen molar-refractivity contribution >= 4 is 23.6 Å². The summed E-state index contributed by atoms with van der Waals surface area (Å²) >= 11 is 0. The van der Waals surface area contributed by atoms with Gasteiger partial charge in [-0.05, 0) is 65.5 Å². The minimum absolute atomic E-state index is 0.176. The Balaban J connectivity index is 1.75. The smallest absolute Gasteiger partial charge is 0.257 e. The third-order valence-corrected chi connectivity index (χ3v) is 5.56. The van der Waals surface area contributed by atoms with E-state index in [4.69, 9.17) is 0 Å². The number of hydrogen-bond donors (Lipinski definition) is 4. The van der Waals surface area contributed by atoms with Crippen molar-refractivity contribution in [3.05, 3.63) is 22.3 Å². The third-order valence-electron chi connectivity index (χ3n) is 5.56. The molecule has 4 amide bonds. The zero-order valence-corrected chi connectivity index (χ0v) is 17.5. The van der Waals surface area contributed by atoms with Crippen molar-refractivity contribution in [2.24, 2.45) is 0 Å². The summed E-state index contributed by atoms with van der Waals surface area (Å²) in [7, 11) is 0. The fraction of sp³-hybridized carbons (Fsp3) is 0.600. The van der Waals surface area contributed by atoms with Crippen LogP contribution < -0.4 is 21.3 Å². The molecule has 2 rings (SSSR count). The molecule has 154 valence electrons. The van der Waals surface area contributed by atoms with Crippen LogP contribution in [0, 0.1) is 0 Å². The highest BCUT2D eigenvalue weighted by Crippen LogP contribution is 2.27. The Kier molecular flexibility index (Phi) is 6.01. The van der Waals surface area contributed by atoms with Gasteiger partial charge in [-0.1, -0.05) is 0 Å². The number of nitrogens with one attached hydrogen (secondary N) is 4. The van der Waals surface area contributed by atoms with Gasteiger partial charge in [0.1, 0.15) is 11.1 Å². The molecule has 0 saturated heterocycles. The maximum Gasteiger partial charge on any atom is 0.257 e. The Morgan fingerprint density at radius 2 is 1.07 bits per heavy atom. The molecule has 0 radical (unpaired) electrons. The molecule has 0 unspecified atom stereocenters. The van der Waals surface area contributed by atoms with E-state index in [1.165, 1.54) is 0 Å². The van der Waals surface area contributed by atoms with Gasteiger partial charge in [-0.25, -0.2) is 0 Å². The standard InChI is InChI=1S/C20H30N4O4/c1-11-13(17(27)23-19(11,3)4)15(25)21-9-7-8-10-22-16(26)14-12(2)20(5,6)24-18(14)28/h7-10H2,1-6H3,(H,21,25)(H,22,26)(H,23,27)(H,24,28). The second kappa shape index (κ2) is 7.77. The number of hydrogen-bond acceptors (Lipinski definition) is 4. The van der Waals surface area contributed by atoms with E-state index in [-0.39, 0.29) is 34.8 Å². The van der Waals surface area contributed by atoms with Crippen LogP contribution >= 0.6 is 0 Å². The maximum atomic E-state index is 12.3. The normalized spacial score (nSPS) is 20.2. The predicted octanol–water partition coefficient (Wildman–Crippen LogP) is 0.449. The maximum absolute atomic E-state index is 12.3. The lowest BCUT2D eigenvalue weighted by molar-refractivity contribution is -0.125. The van der Waals surface area contributed by atoms with Gasteiger partial charge in [0.25, 0.3) is 23.6 Å². The number of carbonyl (C=O) groups excluding carboxylic acids is 4. The average molecular weight is 390 g/mol. The second-order valence-corrected chi connectivity index (χ2v) is 8.38. The molecule has 2 aliphatic heterocycles. The minimum Gasteiger partial charge on any atom is -0.352 e. The number of unbranched alkanes of at least 4 members (excludes halogenated alkanes) is 1. The molecule has 0 spiro atoms. The van der Waals surface area contributed by atoms with E-state index in [2.05, 4.69) is 21.3 Å². The molecule has 0 bridgehead atoms. The van der Waals surface area contributed by atoms with Crippen molar-refractivity contribution in [2.45, 2.75) is 65.5 Å². The van der Waals surface area contributed by atoms with Gasteiger partial charge in [-0.15, -0.1) is 0 Å². The molecule has 0 aromatic rings. The van der Waals surface area contributed by atoms with Crippen LogP contribution in [0.4, 0.5) is 0 Å². The van der Waals surface area contributed by atoms with Crippen molar-refractivity contribution in [1.82, 2.24) is 21.3 Å². The number of rotatable bonds is 7. The Hall–Kier alpha value is -2.64. The van der Waals surface area contributed by atoms with Gasteiger partial charge in [-0.2, -0.15) is 0 Å². The first-order chi connectivity index (χ1) is 12.9. The molecule has 0 fully saturated rings. The summed E-state index contributed by atoms with van der Waals surface area (Å²) in [6.07, 6.45) is 1.28. The lowest BCUT2D eigenvalue weighted by Gasteiger charge is -2.19. The van der Waals surface area contributed by atoms with Gasteiger partial charge in [0.05, 0.1) is 11.1 Å². The first-order valence-electron chi connectivity index (χ1n) is 9.52. The summed E-state index contributed by atoms with van der Waals surface area (Å²) in [5.41, 5.74) is 0.780. The summed E-state index contributed by atoms with van der Waals surface area (Å²) < 4.78 is 0. The van der Waals surface area contributed by atoms with Crippen molar-refractivity contribution in [2.75, 3.05) is 13.1 Å². The van der Waals surface area contributed by atoms with Crippen LogP contribution in [0.3, 0.4) is 0 Å². The molecule has 28 heavy (non-hydrogen) atoms. The summed E-state index contributed by atoms with van der Waals surface area (Å²) in [5, 5.41) is 11.1. The van der Waals surface area contributed by atoms with Crippen LogP contribution in [0.2, 0.25) is 0 Å². The largest absolute Gasteiger partial charge is 0.352 e. The fourth-order valence-corrected chi connectivity index (χ4v) is 3.22. The van der Waals surface area contributed by atoms with Crippen LogP contribution in [0.15, 0.2) is 22.3 Å². The zero-order valence-electron chi connectivity index (χ0n) is 17.5. The van der Waals surface area contributed by atoms with Crippen molar-refractivity contribution < 1.29 is 19.2 Å². The second-order valence-electron chi connectivity index (χ2n) is 8.38. The molecular weight excluding hydrogens is 360 g/mol. The number of amides is 4. The number of carbonyl (C=O) groups is 4. The van der Waals surface area contributed by atoms with E-state index in [9.17, 15) is 19.2 Å². The Labute approximate surface area is 165 Å². The summed E-state index contributed by atoms with van der Waals surface area (Å²) in [6.45, 7) is 11.8. The molecule has 0 atom stereocenters. The van der Waals surface area contributed by atoms with Crippen molar-refractivity contribution in [3.63, 3.8) is 0 Å². The lowest BCUT2D eigenvalue weighted by atomic mass is 9.95. The molecule has 2 heterocycles. The molecule has 0 saturated carbocycles. The minimum atomic E-state index is -0.512. The van der Waals surface area contributed by atoms with Gasteiger partial charge in [-0.3, -0.25) is 19.2 Å². The van der Waals surface area contributed by atoms with Crippen LogP contribution in [-0.2, 0) is 19.2 Å². The van der Waals surface area contributed by atoms with Crippen molar-refractivity contribution in [1.29, 1.82) is 0 Å². The highest BCUT2D eigenvalue weighted by Gasteiger charge is 2.39. The predicted molar refractivity (Wildman–Crippen MR) is 105 cm³/mol. The monoisotopic (exact) mass is 390 g/mol. The van der Waals surface area contributed by atoms with Gasteiger partial charge in [0.15, 0.2) is 0 Å². The average Bonchev–Trinajstić information content (AvgIpc) is 2.90. The van der Waals surface area contributed by atoms with Gasteiger partial charge < -0.3 is 21.3 Å². The molecular formula is C20H30N4O4.